The minimum Gasteiger partial charge on any atom is -0.472 e. The molecule has 1 saturated heterocycles. The van der Waals surface area contributed by atoms with Gasteiger partial charge in [0.05, 0.1) is 12.1 Å². The summed E-state index contributed by atoms with van der Waals surface area (Å²) in [4.78, 5) is 22.3. The second-order valence-electron chi connectivity index (χ2n) is 7.60. The number of piperidine rings is 1. The number of amides is 1. The average Bonchev–Trinajstić information content (AvgIpc) is 2.85. The van der Waals surface area contributed by atoms with Gasteiger partial charge in [0.15, 0.2) is 0 Å². The number of ether oxygens (including phenoxy) is 2. The van der Waals surface area contributed by atoms with Gasteiger partial charge in [0.2, 0.25) is 5.88 Å². The number of nitrogens with zero attached hydrogens (tertiary/aromatic N) is 4. The summed E-state index contributed by atoms with van der Waals surface area (Å²) < 4.78 is 12.0. The lowest BCUT2D eigenvalue weighted by atomic mass is 10.1. The maximum atomic E-state index is 12.3. The molecule has 0 spiro atoms. The van der Waals surface area contributed by atoms with E-state index in [0.717, 1.165) is 24.2 Å². The standard InChI is InChI=1S/C25H23N5O3/c1-17(14-26)25(31)30-13-5-8-21(15-30)33-24-22(23(27)28-16-29-24)18-9-11-20(12-10-18)32-19-6-3-2-4-7-19/h2-4,6-7,9-12,16,21H,1,5,8,13,15H2,(H2,27,28,29)/t21-/m1/s1. The zero-order valence-electron chi connectivity index (χ0n) is 18.0. The summed E-state index contributed by atoms with van der Waals surface area (Å²) in [6.45, 7) is 4.41. The molecule has 166 valence electrons. The van der Waals surface area contributed by atoms with E-state index in [4.69, 9.17) is 20.5 Å². The van der Waals surface area contributed by atoms with Crippen LogP contribution in [0, 0.1) is 11.3 Å². The molecule has 1 aromatic heterocycles. The van der Waals surface area contributed by atoms with Crippen LogP contribution in [0.4, 0.5) is 5.82 Å². The van der Waals surface area contributed by atoms with Gasteiger partial charge in [-0.15, -0.1) is 0 Å². The van der Waals surface area contributed by atoms with Crippen LogP contribution in [0.15, 0.2) is 73.1 Å². The number of rotatable bonds is 6. The van der Waals surface area contributed by atoms with Crippen LogP contribution >= 0.6 is 0 Å². The van der Waals surface area contributed by atoms with Crippen LogP contribution in [-0.2, 0) is 4.79 Å². The highest BCUT2D eigenvalue weighted by Gasteiger charge is 2.27. The fourth-order valence-corrected chi connectivity index (χ4v) is 3.67. The SMILES string of the molecule is C=C(C#N)C(=O)N1CCC[C@@H](Oc2ncnc(N)c2-c2ccc(Oc3ccccc3)cc2)C1. The quantitative estimate of drug-likeness (QED) is 0.455. The molecule has 0 saturated carbocycles. The lowest BCUT2D eigenvalue weighted by molar-refractivity contribution is -0.129. The van der Waals surface area contributed by atoms with Gasteiger partial charge in [-0.05, 0) is 42.7 Å². The molecule has 33 heavy (non-hydrogen) atoms. The third-order valence-electron chi connectivity index (χ3n) is 5.30. The van der Waals surface area contributed by atoms with E-state index >= 15 is 0 Å². The first-order chi connectivity index (χ1) is 16.0. The van der Waals surface area contributed by atoms with E-state index in [1.165, 1.54) is 6.33 Å². The molecule has 0 bridgehead atoms. The van der Waals surface area contributed by atoms with Crippen LogP contribution in [0.3, 0.4) is 0 Å². The molecular formula is C25H23N5O3. The number of nitriles is 1. The van der Waals surface area contributed by atoms with Gasteiger partial charge in [0.1, 0.15) is 41.4 Å². The zero-order valence-corrected chi connectivity index (χ0v) is 18.0. The summed E-state index contributed by atoms with van der Waals surface area (Å²) >= 11 is 0. The minimum absolute atomic E-state index is 0.0829. The first-order valence-corrected chi connectivity index (χ1v) is 10.5. The zero-order chi connectivity index (χ0) is 23.2. The Kier molecular flexibility index (Phi) is 6.51. The molecule has 1 aliphatic rings. The minimum atomic E-state index is -0.373. The van der Waals surface area contributed by atoms with E-state index in [1.54, 1.807) is 4.90 Å². The second kappa shape index (κ2) is 9.83. The summed E-state index contributed by atoms with van der Waals surface area (Å²) in [5.74, 6) is 1.69. The Morgan fingerprint density at radius 3 is 2.58 bits per heavy atom. The maximum Gasteiger partial charge on any atom is 0.264 e. The van der Waals surface area contributed by atoms with Crippen molar-refractivity contribution in [2.75, 3.05) is 18.8 Å². The summed E-state index contributed by atoms with van der Waals surface area (Å²) in [5.41, 5.74) is 7.46. The molecule has 1 amide bonds. The lowest BCUT2D eigenvalue weighted by Crippen LogP contribution is -2.44. The molecule has 2 heterocycles. The number of hydrogen-bond acceptors (Lipinski definition) is 7. The monoisotopic (exact) mass is 441 g/mol. The van der Waals surface area contributed by atoms with E-state index in [9.17, 15) is 4.79 Å². The Hall–Kier alpha value is -4.38. The molecular weight excluding hydrogens is 418 g/mol. The van der Waals surface area contributed by atoms with Crippen LogP contribution in [0.2, 0.25) is 0 Å². The van der Waals surface area contributed by atoms with E-state index < -0.39 is 0 Å². The van der Waals surface area contributed by atoms with Gasteiger partial charge < -0.3 is 20.1 Å². The third-order valence-corrected chi connectivity index (χ3v) is 5.30. The Bertz CT molecular complexity index is 1190. The van der Waals surface area contributed by atoms with Gasteiger partial charge in [0, 0.05) is 6.54 Å². The van der Waals surface area contributed by atoms with E-state index in [2.05, 4.69) is 16.5 Å². The van der Waals surface area contributed by atoms with E-state index in [0.29, 0.717) is 36.1 Å². The average molecular weight is 441 g/mol. The van der Waals surface area contributed by atoms with E-state index in [1.807, 2.05) is 60.7 Å². The summed E-state index contributed by atoms with van der Waals surface area (Å²) in [5, 5.41) is 8.96. The molecule has 0 radical (unpaired) electrons. The van der Waals surface area contributed by atoms with Crippen molar-refractivity contribution < 1.29 is 14.3 Å². The van der Waals surface area contributed by atoms with Crippen LogP contribution in [0.1, 0.15) is 12.8 Å². The van der Waals surface area contributed by atoms with Crippen LogP contribution in [0.25, 0.3) is 11.1 Å². The molecule has 1 atom stereocenters. The summed E-state index contributed by atoms with van der Waals surface area (Å²) in [7, 11) is 0. The van der Waals surface area contributed by atoms with Crippen molar-refractivity contribution in [1.82, 2.24) is 14.9 Å². The summed E-state index contributed by atoms with van der Waals surface area (Å²) in [6.07, 6.45) is 2.56. The molecule has 0 unspecified atom stereocenters. The number of hydrogen-bond donors (Lipinski definition) is 1. The highest BCUT2D eigenvalue weighted by Crippen LogP contribution is 2.35. The molecule has 1 aliphatic heterocycles. The summed E-state index contributed by atoms with van der Waals surface area (Å²) in [6, 6.07) is 18.7. The van der Waals surface area contributed by atoms with Crippen molar-refractivity contribution in [2.24, 2.45) is 0 Å². The van der Waals surface area contributed by atoms with Crippen molar-refractivity contribution >= 4 is 11.7 Å². The van der Waals surface area contributed by atoms with E-state index in [-0.39, 0.29) is 17.6 Å². The Morgan fingerprint density at radius 2 is 1.85 bits per heavy atom. The largest absolute Gasteiger partial charge is 0.472 e. The molecule has 4 rings (SSSR count). The second-order valence-corrected chi connectivity index (χ2v) is 7.60. The number of anilines is 1. The highest BCUT2D eigenvalue weighted by atomic mass is 16.5. The normalized spacial score (nSPS) is 15.4. The number of carbonyl (C=O) groups excluding carboxylic acids is 1. The Labute approximate surface area is 191 Å². The number of carbonyl (C=O) groups is 1. The topological polar surface area (TPSA) is 114 Å². The van der Waals surface area contributed by atoms with Crippen LogP contribution < -0.4 is 15.2 Å². The van der Waals surface area contributed by atoms with Gasteiger partial charge >= 0.3 is 0 Å². The molecule has 2 N–H and O–H groups in total. The predicted octanol–water partition coefficient (Wildman–Crippen LogP) is 3.97. The molecule has 2 aromatic carbocycles. The van der Waals surface area contributed by atoms with Crippen molar-refractivity contribution in [3.8, 4) is 34.6 Å². The highest BCUT2D eigenvalue weighted by molar-refractivity contribution is 5.96. The fraction of sp³-hybridized carbons (Fsp3) is 0.200. The molecule has 0 aliphatic carbocycles. The van der Waals surface area contributed by atoms with Gasteiger partial charge in [-0.2, -0.15) is 5.26 Å². The first-order valence-electron chi connectivity index (χ1n) is 10.5. The molecule has 8 nitrogen and oxygen atoms in total. The molecule has 3 aromatic rings. The van der Waals surface area contributed by atoms with Crippen LogP contribution in [0.5, 0.6) is 17.4 Å². The van der Waals surface area contributed by atoms with Gasteiger partial charge in [-0.25, -0.2) is 9.97 Å². The van der Waals surface area contributed by atoms with Gasteiger partial charge in [-0.1, -0.05) is 36.9 Å². The van der Waals surface area contributed by atoms with Gasteiger partial charge in [0.25, 0.3) is 5.91 Å². The smallest absolute Gasteiger partial charge is 0.264 e. The third kappa shape index (κ3) is 5.10. The molecule has 1 fully saturated rings. The predicted molar refractivity (Wildman–Crippen MR) is 123 cm³/mol. The maximum absolute atomic E-state index is 12.3. The molecule has 8 heteroatoms. The number of para-hydroxylation sites is 1. The van der Waals surface area contributed by atoms with Gasteiger partial charge in [-0.3, -0.25) is 4.79 Å². The van der Waals surface area contributed by atoms with Crippen molar-refractivity contribution in [2.45, 2.75) is 18.9 Å². The number of nitrogen functional groups attached to an aromatic ring is 1. The number of likely N-dealkylation sites (tertiary alicyclic amines) is 1. The number of benzene rings is 2. The number of nitrogens with two attached hydrogens (primary N) is 1. The van der Waals surface area contributed by atoms with Crippen molar-refractivity contribution in [1.29, 1.82) is 5.26 Å². The van der Waals surface area contributed by atoms with Crippen molar-refractivity contribution in [3.63, 3.8) is 0 Å². The fourth-order valence-electron chi connectivity index (χ4n) is 3.67. The number of aromatic nitrogens is 2. The van der Waals surface area contributed by atoms with Crippen LogP contribution in [-0.4, -0.2) is 40.0 Å². The first kappa shape index (κ1) is 21.8. The lowest BCUT2D eigenvalue weighted by Gasteiger charge is -2.32. The Morgan fingerprint density at radius 1 is 1.12 bits per heavy atom. The Balaban J connectivity index is 1.52. The van der Waals surface area contributed by atoms with Crippen molar-refractivity contribution in [3.05, 3.63) is 73.1 Å².